The van der Waals surface area contributed by atoms with Gasteiger partial charge in [0, 0.05) is 11.0 Å². The Morgan fingerprint density at radius 1 is 1.24 bits per heavy atom. The summed E-state index contributed by atoms with van der Waals surface area (Å²) in [4.78, 5) is 14.4. The molecule has 1 aromatic rings. The van der Waals surface area contributed by atoms with Crippen molar-refractivity contribution in [3.05, 3.63) is 34.3 Å². The second-order valence-corrected chi connectivity index (χ2v) is 7.80. The van der Waals surface area contributed by atoms with Crippen LogP contribution in [0.15, 0.2) is 28.7 Å². The Morgan fingerprint density at radius 3 is 2.43 bits per heavy atom. The summed E-state index contributed by atoms with van der Waals surface area (Å²) in [6, 6.07) is 8.34. The summed E-state index contributed by atoms with van der Waals surface area (Å²) in [5, 5.41) is 0. The Morgan fingerprint density at radius 2 is 1.86 bits per heavy atom. The third kappa shape index (κ3) is 4.47. The van der Waals surface area contributed by atoms with Crippen molar-refractivity contribution in [1.82, 2.24) is 4.90 Å². The van der Waals surface area contributed by atoms with E-state index in [1.54, 1.807) is 0 Å². The molecule has 2 rings (SSSR count). The Bertz CT molecular complexity index is 493. The van der Waals surface area contributed by atoms with Gasteiger partial charge in [0.1, 0.15) is 5.60 Å². The molecule has 1 amide bonds. The summed E-state index contributed by atoms with van der Waals surface area (Å²) >= 11 is 3.46. The molecule has 2 atom stereocenters. The second-order valence-electron chi connectivity index (χ2n) is 6.88. The number of benzene rings is 1. The summed E-state index contributed by atoms with van der Waals surface area (Å²) < 4.78 is 6.63. The second kappa shape index (κ2) is 6.39. The van der Waals surface area contributed by atoms with E-state index in [9.17, 15) is 4.79 Å². The Hall–Kier alpha value is -1.03. The third-order valence-electron chi connectivity index (χ3n) is 3.70. The van der Waals surface area contributed by atoms with Crippen molar-refractivity contribution in [2.45, 2.75) is 52.2 Å². The summed E-state index contributed by atoms with van der Waals surface area (Å²) in [7, 11) is 0. The van der Waals surface area contributed by atoms with Gasteiger partial charge in [0.2, 0.25) is 0 Å². The van der Waals surface area contributed by atoms with Crippen molar-refractivity contribution in [3.63, 3.8) is 0 Å². The van der Waals surface area contributed by atoms with E-state index in [4.69, 9.17) is 4.74 Å². The zero-order valence-corrected chi connectivity index (χ0v) is 14.8. The molecule has 116 valence electrons. The molecule has 0 spiro atoms. The molecule has 1 fully saturated rings. The van der Waals surface area contributed by atoms with E-state index in [0.717, 1.165) is 23.9 Å². The molecule has 0 saturated carbocycles. The highest BCUT2D eigenvalue weighted by atomic mass is 79.9. The molecule has 3 nitrogen and oxygen atoms in total. The predicted molar refractivity (Wildman–Crippen MR) is 88.2 cm³/mol. The molecule has 4 heteroatoms. The first-order valence-corrected chi connectivity index (χ1v) is 8.30. The molecule has 0 bridgehead atoms. The minimum atomic E-state index is -0.456. The number of hydrogen-bond acceptors (Lipinski definition) is 2. The molecule has 1 saturated heterocycles. The molecule has 0 aromatic heterocycles. The predicted octanol–water partition coefficient (Wildman–Crippen LogP) is 5.16. The van der Waals surface area contributed by atoms with E-state index in [1.165, 1.54) is 5.56 Å². The molecule has 21 heavy (non-hydrogen) atoms. The van der Waals surface area contributed by atoms with Gasteiger partial charge in [0.25, 0.3) is 0 Å². The van der Waals surface area contributed by atoms with Crippen LogP contribution in [-0.4, -0.2) is 23.1 Å². The van der Waals surface area contributed by atoms with E-state index < -0.39 is 5.60 Å². The smallest absolute Gasteiger partial charge is 0.410 e. The lowest BCUT2D eigenvalue weighted by Gasteiger charge is -2.39. The molecule has 1 aliphatic rings. The number of ether oxygens (including phenoxy) is 1. The van der Waals surface area contributed by atoms with Crippen molar-refractivity contribution in [2.75, 3.05) is 6.54 Å². The molecule has 0 radical (unpaired) electrons. The average Bonchev–Trinajstić information content (AvgIpc) is 2.38. The van der Waals surface area contributed by atoms with Crippen molar-refractivity contribution >= 4 is 22.0 Å². The highest BCUT2D eigenvalue weighted by molar-refractivity contribution is 9.10. The standard InChI is InChI=1S/C17H24BrNO2/c1-12-5-10-15(13-6-8-14(18)9-7-13)19(11-12)16(20)21-17(2,3)4/h6-9,12,15H,5,10-11H2,1-4H3/t12?,15-/m0/s1. The van der Waals surface area contributed by atoms with Crippen LogP contribution in [0.4, 0.5) is 4.79 Å². The minimum absolute atomic E-state index is 0.115. The molecule has 1 unspecified atom stereocenters. The lowest BCUT2D eigenvalue weighted by Crippen LogP contribution is -2.44. The van der Waals surface area contributed by atoms with Crippen molar-refractivity contribution in [2.24, 2.45) is 5.92 Å². The molecule has 1 aliphatic heterocycles. The van der Waals surface area contributed by atoms with E-state index in [0.29, 0.717) is 5.92 Å². The van der Waals surface area contributed by atoms with Crippen LogP contribution < -0.4 is 0 Å². The minimum Gasteiger partial charge on any atom is -0.444 e. The Kier molecular flexibility index (Phi) is 4.97. The number of piperidine rings is 1. The lowest BCUT2D eigenvalue weighted by molar-refractivity contribution is 0.00364. The van der Waals surface area contributed by atoms with Crippen LogP contribution in [0.25, 0.3) is 0 Å². The fourth-order valence-electron chi connectivity index (χ4n) is 2.71. The largest absolute Gasteiger partial charge is 0.444 e. The normalized spacial score (nSPS) is 23.0. The Labute approximate surface area is 135 Å². The van der Waals surface area contributed by atoms with Crippen LogP contribution in [0.1, 0.15) is 52.1 Å². The van der Waals surface area contributed by atoms with E-state index in [1.807, 2.05) is 37.8 Å². The topological polar surface area (TPSA) is 29.5 Å². The van der Waals surface area contributed by atoms with Gasteiger partial charge >= 0.3 is 6.09 Å². The fraction of sp³-hybridized carbons (Fsp3) is 0.588. The number of halogens is 1. The van der Waals surface area contributed by atoms with Gasteiger partial charge in [-0.2, -0.15) is 0 Å². The van der Waals surface area contributed by atoms with E-state index in [2.05, 4.69) is 35.0 Å². The van der Waals surface area contributed by atoms with Crippen molar-refractivity contribution in [3.8, 4) is 0 Å². The maximum absolute atomic E-state index is 12.5. The molecule has 0 N–H and O–H groups in total. The van der Waals surface area contributed by atoms with Crippen LogP contribution in [0.3, 0.4) is 0 Å². The molecule has 1 aromatic carbocycles. The lowest BCUT2D eigenvalue weighted by atomic mass is 9.90. The van der Waals surface area contributed by atoms with Crippen molar-refractivity contribution < 1.29 is 9.53 Å². The number of nitrogens with zero attached hydrogens (tertiary/aromatic N) is 1. The number of amides is 1. The van der Waals surface area contributed by atoms with Crippen LogP contribution >= 0.6 is 15.9 Å². The molecular formula is C17H24BrNO2. The third-order valence-corrected chi connectivity index (χ3v) is 4.23. The first kappa shape index (κ1) is 16.3. The highest BCUT2D eigenvalue weighted by Gasteiger charge is 2.33. The zero-order valence-electron chi connectivity index (χ0n) is 13.2. The maximum Gasteiger partial charge on any atom is 0.410 e. The first-order valence-electron chi connectivity index (χ1n) is 7.51. The SMILES string of the molecule is CC1CC[C@@H](c2ccc(Br)cc2)N(C(=O)OC(C)(C)C)C1. The summed E-state index contributed by atoms with van der Waals surface area (Å²) in [6.07, 6.45) is 1.92. The van der Waals surface area contributed by atoms with Crippen LogP contribution in [0.5, 0.6) is 0 Å². The molecule has 1 heterocycles. The van der Waals surface area contributed by atoms with E-state index in [-0.39, 0.29) is 12.1 Å². The van der Waals surface area contributed by atoms with Gasteiger partial charge in [-0.1, -0.05) is 35.0 Å². The quantitative estimate of drug-likeness (QED) is 0.697. The Balaban J connectivity index is 2.21. The summed E-state index contributed by atoms with van der Waals surface area (Å²) in [5.74, 6) is 0.518. The van der Waals surface area contributed by atoms with Gasteiger partial charge in [-0.15, -0.1) is 0 Å². The van der Waals surface area contributed by atoms with Gasteiger partial charge in [-0.05, 0) is 57.2 Å². The average molecular weight is 354 g/mol. The van der Waals surface area contributed by atoms with Gasteiger partial charge in [0.15, 0.2) is 0 Å². The number of likely N-dealkylation sites (tertiary alicyclic amines) is 1. The van der Waals surface area contributed by atoms with E-state index >= 15 is 0 Å². The maximum atomic E-state index is 12.5. The van der Waals surface area contributed by atoms with Gasteiger partial charge < -0.3 is 9.64 Å². The van der Waals surface area contributed by atoms with Gasteiger partial charge in [-0.3, -0.25) is 0 Å². The number of rotatable bonds is 1. The fourth-order valence-corrected chi connectivity index (χ4v) is 2.97. The molecular weight excluding hydrogens is 330 g/mol. The number of hydrogen-bond donors (Lipinski definition) is 0. The van der Waals surface area contributed by atoms with Crippen LogP contribution in [0.2, 0.25) is 0 Å². The summed E-state index contributed by atoms with van der Waals surface area (Å²) in [6.45, 7) is 8.68. The highest BCUT2D eigenvalue weighted by Crippen LogP contribution is 2.34. The summed E-state index contributed by atoms with van der Waals surface area (Å²) in [5.41, 5.74) is 0.720. The van der Waals surface area contributed by atoms with Gasteiger partial charge in [0.05, 0.1) is 6.04 Å². The van der Waals surface area contributed by atoms with Crippen LogP contribution in [-0.2, 0) is 4.74 Å². The van der Waals surface area contributed by atoms with Crippen molar-refractivity contribution in [1.29, 1.82) is 0 Å². The monoisotopic (exact) mass is 353 g/mol. The zero-order chi connectivity index (χ0) is 15.6. The molecule has 0 aliphatic carbocycles. The first-order chi connectivity index (χ1) is 9.76. The number of carbonyl (C=O) groups excluding carboxylic acids is 1. The number of carbonyl (C=O) groups is 1. The van der Waals surface area contributed by atoms with Crippen LogP contribution in [0, 0.1) is 5.92 Å². The van der Waals surface area contributed by atoms with Gasteiger partial charge in [-0.25, -0.2) is 4.79 Å².